The maximum Gasteiger partial charge on any atom is 0.245 e. The summed E-state index contributed by atoms with van der Waals surface area (Å²) in [5.74, 6) is -8.97. The molecular weight excluding hydrogens is 961 g/mol. The van der Waals surface area contributed by atoms with E-state index in [1.807, 2.05) is 0 Å². The predicted octanol–water partition coefficient (Wildman–Crippen LogP) is -4.09. The van der Waals surface area contributed by atoms with Crippen molar-refractivity contribution >= 4 is 82.7 Å². The Hall–Kier alpha value is -6.25. The third kappa shape index (κ3) is 21.2. The molecule has 27 heteroatoms. The first kappa shape index (κ1) is 63.8. The van der Waals surface area contributed by atoms with E-state index in [-0.39, 0.29) is 50.8 Å². The second-order valence-corrected chi connectivity index (χ2v) is 19.7. The summed E-state index contributed by atoms with van der Waals surface area (Å²) in [4.78, 5) is 152. The van der Waals surface area contributed by atoms with E-state index < -0.39 is 131 Å². The molecule has 15 N–H and O–H groups in total. The minimum atomic E-state index is -1.72. The molecular formula is C45H80N14O12S. The van der Waals surface area contributed by atoms with Gasteiger partial charge in [0.2, 0.25) is 65.0 Å². The molecule has 72 heavy (non-hydrogen) atoms. The number of hydrogen-bond acceptors (Lipinski definition) is 14. The lowest BCUT2D eigenvalue weighted by molar-refractivity contribution is -0.142. The molecule has 1 saturated heterocycles. The van der Waals surface area contributed by atoms with Gasteiger partial charge in [-0.3, -0.25) is 57.7 Å². The van der Waals surface area contributed by atoms with Crippen LogP contribution in [0.3, 0.4) is 0 Å². The van der Waals surface area contributed by atoms with Gasteiger partial charge in [0, 0.05) is 38.4 Å². The third-order valence-corrected chi connectivity index (χ3v) is 13.3. The maximum absolute atomic E-state index is 14.2. The van der Waals surface area contributed by atoms with E-state index in [0.29, 0.717) is 32.2 Å². The van der Waals surface area contributed by atoms with E-state index in [4.69, 9.17) is 17.2 Å². The minimum absolute atomic E-state index is 0.0409. The number of nitrogens with one attached hydrogen (secondary N) is 8. The molecule has 11 amide bonds. The van der Waals surface area contributed by atoms with E-state index in [1.165, 1.54) is 25.8 Å². The van der Waals surface area contributed by atoms with Crippen molar-refractivity contribution in [1.29, 1.82) is 0 Å². The van der Waals surface area contributed by atoms with E-state index >= 15 is 0 Å². The van der Waals surface area contributed by atoms with Crippen LogP contribution in [0.25, 0.3) is 0 Å². The Morgan fingerprint density at radius 2 is 1.38 bits per heavy atom. The second kappa shape index (κ2) is 31.3. The van der Waals surface area contributed by atoms with Gasteiger partial charge in [-0.25, -0.2) is 0 Å². The largest absolute Gasteiger partial charge is 0.391 e. The first-order valence-electron chi connectivity index (χ1n) is 24.1. The highest BCUT2D eigenvalue weighted by Gasteiger charge is 2.42. The fourth-order valence-corrected chi connectivity index (χ4v) is 7.77. The summed E-state index contributed by atoms with van der Waals surface area (Å²) in [5.41, 5.74) is 16.4. The van der Waals surface area contributed by atoms with Crippen LogP contribution >= 0.6 is 11.8 Å². The average molecular weight is 1040 g/mol. The number of hydrogen-bond donors (Lipinski definition) is 12. The molecule has 0 aromatic carbocycles. The number of primary amides is 1. The lowest BCUT2D eigenvalue weighted by Gasteiger charge is -2.35. The number of amides is 11. The molecule has 0 aromatic heterocycles. The van der Waals surface area contributed by atoms with Crippen molar-refractivity contribution in [3.05, 3.63) is 0 Å². The topological polar surface area (TPSA) is 401 Å². The van der Waals surface area contributed by atoms with Crippen LogP contribution < -0.4 is 59.7 Å². The Morgan fingerprint density at radius 1 is 0.778 bits per heavy atom. The average Bonchev–Trinajstić information content (AvgIpc) is 3.81. The van der Waals surface area contributed by atoms with Gasteiger partial charge in [0.15, 0.2) is 5.96 Å². The summed E-state index contributed by atoms with van der Waals surface area (Å²) in [5, 5.41) is 31.2. The lowest BCUT2D eigenvalue weighted by atomic mass is 9.96. The summed E-state index contributed by atoms with van der Waals surface area (Å²) in [6, 6.07) is -9.26. The molecule has 408 valence electrons. The lowest BCUT2D eigenvalue weighted by Crippen LogP contribution is -2.64. The van der Waals surface area contributed by atoms with Crippen molar-refractivity contribution in [2.45, 2.75) is 160 Å². The molecule has 0 aliphatic carbocycles. The molecule has 0 saturated carbocycles. The monoisotopic (exact) mass is 1040 g/mol. The predicted molar refractivity (Wildman–Crippen MR) is 269 cm³/mol. The normalized spacial score (nSPS) is 16.6. The Labute approximate surface area is 425 Å². The first-order chi connectivity index (χ1) is 33.6. The van der Waals surface area contributed by atoms with Gasteiger partial charge in [-0.05, 0) is 72.0 Å². The number of carbonyl (C=O) groups is 11. The number of aliphatic hydroxyl groups excluding tert-OH is 1. The van der Waals surface area contributed by atoms with E-state index in [9.17, 15) is 57.8 Å². The molecule has 0 radical (unpaired) electrons. The van der Waals surface area contributed by atoms with Crippen molar-refractivity contribution in [3.63, 3.8) is 0 Å². The zero-order valence-electron chi connectivity index (χ0n) is 43.3. The van der Waals surface area contributed by atoms with Gasteiger partial charge in [-0.15, -0.1) is 0 Å². The number of aliphatic hydroxyl groups is 1. The molecule has 0 bridgehead atoms. The number of nitrogens with zero attached hydrogens (tertiary/aromatic N) is 3. The van der Waals surface area contributed by atoms with Crippen LogP contribution in [0.1, 0.15) is 107 Å². The highest BCUT2D eigenvalue weighted by atomic mass is 32.2. The van der Waals surface area contributed by atoms with Gasteiger partial charge in [-0.1, -0.05) is 33.6 Å². The van der Waals surface area contributed by atoms with Crippen molar-refractivity contribution in [2.24, 2.45) is 28.1 Å². The number of carbonyl (C=O) groups excluding carboxylic acids is 11. The summed E-state index contributed by atoms with van der Waals surface area (Å²) < 4.78 is -1.15. The van der Waals surface area contributed by atoms with Crippen LogP contribution in [0.15, 0.2) is 4.99 Å². The van der Waals surface area contributed by atoms with Crippen molar-refractivity contribution in [1.82, 2.24) is 52.3 Å². The number of guanidine groups is 1. The van der Waals surface area contributed by atoms with Crippen LogP contribution in [0.4, 0.5) is 0 Å². The standard InChI is InChI=1S/C45H80N14O12S/c1-11-16-27(37(65)55-34(24(4)12-2)40(68)54-28(17-14-19-50-44(47)48)43(71)59-20-15-18-30(59)39(67)49-13-3)53-41(69)35(25(5)60)56-42(70)36(45(7,8)72-10)57-38(66)29(21-31(46)62)52-32(63)22-51-33(64)23-58(9)26(6)61/h24-25,27-30,34-36,60H,11-23H2,1-10H3,(H2,46,62)(H,49,67)(H,51,64)(H,52,63)(H,53,69)(H,54,68)(H,55,65)(H,56,70)(H,57,66)(H4,47,48,50)/t24-,25+,27-,28-,29-,30-,34-,35-,36-/m0/s1. The number of rotatable bonds is 31. The molecule has 1 fully saturated rings. The molecule has 0 aromatic rings. The molecule has 1 aliphatic rings. The zero-order valence-corrected chi connectivity index (χ0v) is 44.1. The van der Waals surface area contributed by atoms with Crippen LogP contribution in [0, 0.1) is 5.92 Å². The van der Waals surface area contributed by atoms with Crippen molar-refractivity contribution < 1.29 is 57.8 Å². The third-order valence-electron chi connectivity index (χ3n) is 12.0. The smallest absolute Gasteiger partial charge is 0.245 e. The first-order valence-corrected chi connectivity index (χ1v) is 25.3. The van der Waals surface area contributed by atoms with Gasteiger partial charge < -0.3 is 74.6 Å². The van der Waals surface area contributed by atoms with E-state index in [2.05, 4.69) is 47.5 Å². The van der Waals surface area contributed by atoms with E-state index in [1.54, 1.807) is 47.8 Å². The Bertz CT molecular complexity index is 1950. The summed E-state index contributed by atoms with van der Waals surface area (Å²) >= 11 is 1.13. The molecule has 9 atom stereocenters. The molecule has 0 spiro atoms. The Balaban J connectivity index is 3.38. The summed E-state index contributed by atoms with van der Waals surface area (Å²) in [6.45, 7) is 12.4. The van der Waals surface area contributed by atoms with Gasteiger partial charge in [0.1, 0.15) is 42.3 Å². The molecule has 1 aliphatic heterocycles. The summed E-state index contributed by atoms with van der Waals surface area (Å²) in [7, 11) is 1.37. The molecule has 1 heterocycles. The van der Waals surface area contributed by atoms with Gasteiger partial charge in [0.05, 0.1) is 25.6 Å². The Morgan fingerprint density at radius 3 is 1.92 bits per heavy atom. The number of nitrogens with two attached hydrogens (primary N) is 3. The molecule has 1 rings (SSSR count). The van der Waals surface area contributed by atoms with Crippen LogP contribution in [-0.4, -0.2) is 185 Å². The van der Waals surface area contributed by atoms with Gasteiger partial charge in [0.25, 0.3) is 0 Å². The summed E-state index contributed by atoms with van der Waals surface area (Å²) in [6.07, 6.45) is 1.49. The highest BCUT2D eigenvalue weighted by Crippen LogP contribution is 2.26. The highest BCUT2D eigenvalue weighted by molar-refractivity contribution is 8.00. The Kier molecular flexibility index (Phi) is 27.7. The van der Waals surface area contributed by atoms with Crippen LogP contribution in [0.2, 0.25) is 0 Å². The minimum Gasteiger partial charge on any atom is -0.391 e. The second-order valence-electron chi connectivity index (χ2n) is 18.2. The molecule has 26 nitrogen and oxygen atoms in total. The SMILES string of the molecule is CCC[C@H](NC(=O)[C@@H](NC(=O)[C@H](NC(=O)[C@H](CC(N)=O)NC(=O)CNC(=O)CN(C)C(C)=O)C(C)(C)SC)[C@@H](C)O)C(=O)N[C@H](C(=O)N[C@@H](CCCN=C(N)N)C(=O)N1CCC[C@H]1C(=O)NCC)[C@@H](C)CC. The van der Waals surface area contributed by atoms with Gasteiger partial charge in [-0.2, -0.15) is 11.8 Å². The van der Waals surface area contributed by atoms with Crippen LogP contribution in [0.5, 0.6) is 0 Å². The quantitative estimate of drug-likeness (QED) is 0.0179. The zero-order chi connectivity index (χ0) is 55.0. The van der Waals surface area contributed by atoms with Gasteiger partial charge >= 0.3 is 0 Å². The fraction of sp³-hybridized carbons (Fsp3) is 0.733. The van der Waals surface area contributed by atoms with Crippen molar-refractivity contribution in [3.8, 4) is 0 Å². The number of aliphatic imine (C=N–C) groups is 1. The van der Waals surface area contributed by atoms with Crippen molar-refractivity contribution in [2.75, 3.05) is 46.0 Å². The maximum atomic E-state index is 14.2. The number of likely N-dealkylation sites (N-methyl/N-ethyl adjacent to an activating group) is 2. The van der Waals surface area contributed by atoms with Crippen LogP contribution in [-0.2, 0) is 52.7 Å². The van der Waals surface area contributed by atoms with E-state index in [0.717, 1.165) is 16.7 Å². The number of likely N-dealkylation sites (tertiary alicyclic amines) is 1. The number of thioether (sulfide) groups is 1. The fourth-order valence-electron chi connectivity index (χ4n) is 7.37. The molecule has 0 unspecified atom stereocenters.